The molecule has 2 aromatic heterocycles. The first kappa shape index (κ1) is 22.0. The Balaban J connectivity index is 1.38. The molecule has 3 heterocycles. The zero-order valence-corrected chi connectivity index (χ0v) is 21.4. The van der Waals surface area contributed by atoms with Crippen LogP contribution in [0.4, 0.5) is 5.69 Å². The molecule has 0 saturated heterocycles. The smallest absolute Gasteiger partial charge is 0.264 e. The summed E-state index contributed by atoms with van der Waals surface area (Å²) in [6.07, 6.45) is 0.767. The fourth-order valence-corrected chi connectivity index (χ4v) is 6.21. The minimum Gasteiger partial charge on any atom is -0.268 e. The molecule has 1 atom stereocenters. The highest BCUT2D eigenvalue weighted by atomic mass is 16.1. The second-order valence-corrected chi connectivity index (χ2v) is 10.3. The van der Waals surface area contributed by atoms with E-state index in [1.807, 2.05) is 30.3 Å². The molecule has 0 aliphatic carbocycles. The van der Waals surface area contributed by atoms with E-state index in [-0.39, 0.29) is 11.6 Å². The van der Waals surface area contributed by atoms with Crippen LogP contribution in [-0.2, 0) is 0 Å². The van der Waals surface area contributed by atoms with Gasteiger partial charge in [-0.3, -0.25) is 14.2 Å². The zero-order valence-electron chi connectivity index (χ0n) is 21.4. The second-order valence-electron chi connectivity index (χ2n) is 10.3. The number of aromatic nitrogens is 2. The fourth-order valence-electron chi connectivity index (χ4n) is 6.21. The predicted molar refractivity (Wildman–Crippen MR) is 159 cm³/mol. The van der Waals surface area contributed by atoms with Crippen LogP contribution >= 0.6 is 0 Å². The highest BCUT2D eigenvalue weighted by Crippen LogP contribution is 2.40. The topological polar surface area (TPSA) is 50.0 Å². The highest BCUT2D eigenvalue weighted by Gasteiger charge is 2.31. The lowest BCUT2D eigenvalue weighted by Gasteiger charge is -2.25. The van der Waals surface area contributed by atoms with Gasteiger partial charge in [0.25, 0.3) is 5.56 Å². The predicted octanol–water partition coefficient (Wildman–Crippen LogP) is 7.26. The van der Waals surface area contributed by atoms with Gasteiger partial charge in [-0.15, -0.1) is 0 Å². The first-order valence-corrected chi connectivity index (χ1v) is 13.2. The van der Waals surface area contributed by atoms with Crippen molar-refractivity contribution in [1.82, 2.24) is 9.38 Å². The van der Waals surface area contributed by atoms with Crippen LogP contribution in [0, 0.1) is 6.92 Å². The first-order valence-electron chi connectivity index (χ1n) is 13.2. The average Bonchev–Trinajstić information content (AvgIpc) is 3.59. The Morgan fingerprint density at radius 1 is 0.744 bits per heavy atom. The summed E-state index contributed by atoms with van der Waals surface area (Å²) in [7, 11) is 0. The molecule has 1 aliphatic heterocycles. The number of fused-ring (bicyclic) bond motifs is 4. The number of imidazole rings is 1. The molecular formula is C34H24N4O. The fraction of sp³-hybridized carbons (Fsp3) is 0.0882. The summed E-state index contributed by atoms with van der Waals surface area (Å²) in [6, 6.07) is 37.2. The van der Waals surface area contributed by atoms with Gasteiger partial charge in [-0.05, 0) is 47.7 Å². The van der Waals surface area contributed by atoms with Gasteiger partial charge in [-0.2, -0.15) is 5.10 Å². The van der Waals surface area contributed by atoms with Gasteiger partial charge in [0.1, 0.15) is 5.65 Å². The molecular weight excluding hydrogens is 480 g/mol. The monoisotopic (exact) mass is 504 g/mol. The van der Waals surface area contributed by atoms with Crippen molar-refractivity contribution in [3.05, 3.63) is 136 Å². The van der Waals surface area contributed by atoms with E-state index in [9.17, 15) is 4.79 Å². The largest absolute Gasteiger partial charge is 0.268 e. The number of hydrogen-bond donors (Lipinski definition) is 0. The number of pyridine rings is 1. The molecule has 39 heavy (non-hydrogen) atoms. The molecule has 1 aliphatic rings. The first-order chi connectivity index (χ1) is 19.2. The van der Waals surface area contributed by atoms with E-state index in [0.717, 1.165) is 50.6 Å². The Kier molecular flexibility index (Phi) is 4.65. The van der Waals surface area contributed by atoms with Gasteiger partial charge in [0.15, 0.2) is 0 Å². The lowest BCUT2D eigenvalue weighted by molar-refractivity contribution is 0.707. The van der Waals surface area contributed by atoms with E-state index in [2.05, 4.69) is 90.8 Å². The van der Waals surface area contributed by atoms with Crippen LogP contribution in [0.15, 0.2) is 119 Å². The van der Waals surface area contributed by atoms with Crippen LogP contribution in [0.25, 0.3) is 38.2 Å². The number of para-hydroxylation sites is 3. The van der Waals surface area contributed by atoms with E-state index in [4.69, 9.17) is 10.1 Å². The van der Waals surface area contributed by atoms with Crippen LogP contribution in [0.1, 0.15) is 29.2 Å². The summed E-state index contributed by atoms with van der Waals surface area (Å²) >= 11 is 0. The zero-order chi connectivity index (χ0) is 26.1. The van der Waals surface area contributed by atoms with Crippen molar-refractivity contribution in [1.29, 1.82) is 0 Å². The number of nitrogens with zero attached hydrogens (tertiary/aromatic N) is 4. The molecule has 5 aromatic carbocycles. The standard InChI is InChI=1S/C34H24N4O/c1-21-10-5-7-16-29(21)38-31(22-11-3-2-4-12-22)20-28(36-38)23-18-19-26-32-24(23)13-9-14-25(32)33-35-27-15-6-8-17-30(27)37(33)34(26)39/h2-19,31H,20H2,1H3. The molecule has 0 saturated carbocycles. The van der Waals surface area contributed by atoms with Crippen molar-refractivity contribution < 1.29 is 0 Å². The molecule has 0 amide bonds. The van der Waals surface area contributed by atoms with E-state index < -0.39 is 0 Å². The van der Waals surface area contributed by atoms with E-state index >= 15 is 0 Å². The average molecular weight is 505 g/mol. The lowest BCUT2D eigenvalue weighted by Crippen LogP contribution is -2.19. The molecule has 0 spiro atoms. The third-order valence-electron chi connectivity index (χ3n) is 8.04. The van der Waals surface area contributed by atoms with Crippen LogP contribution in [-0.4, -0.2) is 15.1 Å². The number of hydrogen-bond acceptors (Lipinski definition) is 4. The molecule has 0 radical (unpaired) electrons. The summed E-state index contributed by atoms with van der Waals surface area (Å²) in [6.45, 7) is 2.13. The Bertz CT molecular complexity index is 2150. The summed E-state index contributed by atoms with van der Waals surface area (Å²) in [5, 5.41) is 11.1. The molecule has 0 bridgehead atoms. The summed E-state index contributed by atoms with van der Waals surface area (Å²) in [5.41, 5.74) is 7.92. The van der Waals surface area contributed by atoms with Gasteiger partial charge in [-0.1, -0.05) is 84.9 Å². The van der Waals surface area contributed by atoms with Crippen molar-refractivity contribution in [2.75, 3.05) is 5.01 Å². The summed E-state index contributed by atoms with van der Waals surface area (Å²) in [5.74, 6) is 0. The number of rotatable bonds is 3. The maximum absolute atomic E-state index is 13.8. The third kappa shape index (κ3) is 3.16. The number of anilines is 1. The summed E-state index contributed by atoms with van der Waals surface area (Å²) in [4.78, 5) is 18.7. The molecule has 5 nitrogen and oxygen atoms in total. The SMILES string of the molecule is Cc1ccccc1N1N=C(c2ccc3c(=O)n4c5ccccc5nc4c4cccc2c34)CC1c1ccccc1. The molecule has 1 unspecified atom stereocenters. The van der Waals surface area contributed by atoms with Gasteiger partial charge in [0, 0.05) is 28.1 Å². The molecule has 0 N–H and O–H groups in total. The van der Waals surface area contributed by atoms with Crippen LogP contribution in [0.5, 0.6) is 0 Å². The van der Waals surface area contributed by atoms with Crippen molar-refractivity contribution in [3.8, 4) is 0 Å². The van der Waals surface area contributed by atoms with Crippen molar-refractivity contribution >= 4 is 49.6 Å². The van der Waals surface area contributed by atoms with E-state index in [0.29, 0.717) is 11.0 Å². The normalized spacial score (nSPS) is 15.7. The number of aryl methyl sites for hydroxylation is 1. The van der Waals surface area contributed by atoms with Crippen molar-refractivity contribution in [3.63, 3.8) is 0 Å². The molecule has 8 rings (SSSR count). The minimum atomic E-state index is -0.0361. The molecule has 186 valence electrons. The van der Waals surface area contributed by atoms with E-state index in [1.54, 1.807) is 4.40 Å². The second kappa shape index (κ2) is 8.23. The van der Waals surface area contributed by atoms with Gasteiger partial charge in [0.05, 0.1) is 28.5 Å². The molecule has 0 fully saturated rings. The quantitative estimate of drug-likeness (QED) is 0.255. The molecule has 7 aromatic rings. The lowest BCUT2D eigenvalue weighted by atomic mass is 9.92. The van der Waals surface area contributed by atoms with Crippen LogP contribution < -0.4 is 10.6 Å². The summed E-state index contributed by atoms with van der Waals surface area (Å²) < 4.78 is 1.75. The highest BCUT2D eigenvalue weighted by molar-refractivity contribution is 6.22. The minimum absolute atomic E-state index is 0.0361. The van der Waals surface area contributed by atoms with Gasteiger partial charge in [-0.25, -0.2) is 4.98 Å². The van der Waals surface area contributed by atoms with E-state index in [1.165, 1.54) is 11.1 Å². The maximum Gasteiger partial charge on any atom is 0.264 e. The van der Waals surface area contributed by atoms with Crippen LogP contribution in [0.2, 0.25) is 0 Å². The Morgan fingerprint density at radius 2 is 1.51 bits per heavy atom. The van der Waals surface area contributed by atoms with Gasteiger partial charge in [0.2, 0.25) is 0 Å². The Morgan fingerprint density at radius 3 is 2.38 bits per heavy atom. The maximum atomic E-state index is 13.8. The van der Waals surface area contributed by atoms with Crippen LogP contribution in [0.3, 0.4) is 0 Å². The van der Waals surface area contributed by atoms with Crippen molar-refractivity contribution in [2.45, 2.75) is 19.4 Å². The van der Waals surface area contributed by atoms with Gasteiger partial charge >= 0.3 is 0 Å². The third-order valence-corrected chi connectivity index (χ3v) is 8.04. The van der Waals surface area contributed by atoms with Gasteiger partial charge < -0.3 is 0 Å². The van der Waals surface area contributed by atoms with Crippen molar-refractivity contribution in [2.24, 2.45) is 5.10 Å². The number of benzene rings is 5. The Hall–Kier alpha value is -5.03. The molecule has 5 heteroatoms. The number of hydrazone groups is 1. The Labute approximate surface area is 224 Å².